The molecule has 172 valence electrons. The van der Waals surface area contributed by atoms with Crippen molar-refractivity contribution in [1.82, 2.24) is 9.88 Å². The first-order chi connectivity index (χ1) is 16.2. The van der Waals surface area contributed by atoms with Gasteiger partial charge in [0.15, 0.2) is 0 Å². The summed E-state index contributed by atoms with van der Waals surface area (Å²) in [5.74, 6) is 1.62. The molecule has 4 heteroatoms. The Kier molecular flexibility index (Phi) is 9.28. The summed E-state index contributed by atoms with van der Waals surface area (Å²) in [6.45, 7) is 5.01. The third-order valence-electron chi connectivity index (χ3n) is 5.69. The van der Waals surface area contributed by atoms with Crippen LogP contribution in [-0.4, -0.2) is 23.9 Å². The van der Waals surface area contributed by atoms with Crippen LogP contribution >= 0.6 is 0 Å². The number of allylic oxidation sites excluding steroid dienone is 3. The highest BCUT2D eigenvalue weighted by molar-refractivity contribution is 5.71. The van der Waals surface area contributed by atoms with Gasteiger partial charge in [-0.2, -0.15) is 0 Å². The first-order valence-corrected chi connectivity index (χ1v) is 11.6. The van der Waals surface area contributed by atoms with Gasteiger partial charge in [0, 0.05) is 36.0 Å². The third kappa shape index (κ3) is 6.80. The molecule has 1 atom stereocenters. The number of rotatable bonds is 12. The second kappa shape index (κ2) is 12.6. The highest BCUT2D eigenvalue weighted by Gasteiger charge is 2.13. The average molecular weight is 443 g/mol. The van der Waals surface area contributed by atoms with E-state index in [1.807, 2.05) is 49.5 Å². The first-order valence-electron chi connectivity index (χ1n) is 11.6. The zero-order valence-corrected chi connectivity index (χ0v) is 19.8. The molecule has 0 saturated heterocycles. The van der Waals surface area contributed by atoms with E-state index in [0.29, 0.717) is 12.5 Å². The Balaban J connectivity index is 1.91. The Hall–Kier alpha value is -3.37. The minimum absolute atomic E-state index is 0.338. The van der Waals surface area contributed by atoms with Gasteiger partial charge in [-0.05, 0) is 75.7 Å². The third-order valence-corrected chi connectivity index (χ3v) is 5.69. The van der Waals surface area contributed by atoms with Crippen molar-refractivity contribution in [2.75, 3.05) is 7.05 Å². The molecule has 0 bridgehead atoms. The maximum Gasteiger partial charge on any atom is 0.128 e. The number of carbonyl (C=O) groups is 1. The molecule has 0 aliphatic rings. The van der Waals surface area contributed by atoms with Crippen molar-refractivity contribution in [3.8, 4) is 22.8 Å². The molecule has 1 N–H and O–H groups in total. The van der Waals surface area contributed by atoms with Gasteiger partial charge in [-0.3, -0.25) is 0 Å². The van der Waals surface area contributed by atoms with Gasteiger partial charge < -0.3 is 19.4 Å². The van der Waals surface area contributed by atoms with Crippen LogP contribution in [0.5, 0.6) is 11.5 Å². The van der Waals surface area contributed by atoms with Gasteiger partial charge in [0.25, 0.3) is 0 Å². The molecular formula is C29H34N2O2. The molecule has 4 nitrogen and oxygen atoms in total. The summed E-state index contributed by atoms with van der Waals surface area (Å²) in [4.78, 5) is 11.0. The minimum Gasteiger partial charge on any atom is -0.457 e. The lowest BCUT2D eigenvalue weighted by Crippen LogP contribution is -2.17. The SMILES string of the molecule is C/C=C(\C/C=C\C(C)NC)c1ccc(-c2cccc(Oc3ccccc3)c2)n1CCCC=O. The highest BCUT2D eigenvalue weighted by atomic mass is 16.5. The summed E-state index contributed by atoms with van der Waals surface area (Å²) < 4.78 is 8.39. The van der Waals surface area contributed by atoms with Crippen molar-refractivity contribution in [3.05, 3.63) is 90.7 Å². The summed E-state index contributed by atoms with van der Waals surface area (Å²) in [5.41, 5.74) is 4.68. The van der Waals surface area contributed by atoms with Crippen LogP contribution in [0.2, 0.25) is 0 Å². The first kappa shape index (κ1) is 24.3. The molecule has 0 radical (unpaired) electrons. The van der Waals surface area contributed by atoms with E-state index in [1.54, 1.807) is 0 Å². The van der Waals surface area contributed by atoms with E-state index >= 15 is 0 Å². The number of aldehydes is 1. The molecule has 1 heterocycles. The van der Waals surface area contributed by atoms with E-state index in [-0.39, 0.29) is 0 Å². The number of nitrogens with zero attached hydrogens (tertiary/aromatic N) is 1. The van der Waals surface area contributed by atoms with Gasteiger partial charge in [-0.1, -0.05) is 48.6 Å². The van der Waals surface area contributed by atoms with Crippen molar-refractivity contribution in [2.45, 2.75) is 45.7 Å². The van der Waals surface area contributed by atoms with Gasteiger partial charge in [0.2, 0.25) is 0 Å². The molecule has 3 rings (SSSR count). The molecule has 33 heavy (non-hydrogen) atoms. The monoisotopic (exact) mass is 442 g/mol. The van der Waals surface area contributed by atoms with Gasteiger partial charge in [-0.15, -0.1) is 0 Å². The molecule has 2 aromatic carbocycles. The Morgan fingerprint density at radius 3 is 2.58 bits per heavy atom. The van der Waals surface area contributed by atoms with Crippen LogP contribution < -0.4 is 10.1 Å². The Bertz CT molecular complexity index is 1080. The van der Waals surface area contributed by atoms with Crippen LogP contribution in [0.25, 0.3) is 16.8 Å². The minimum atomic E-state index is 0.338. The number of nitrogens with one attached hydrogen (secondary N) is 1. The number of para-hydroxylation sites is 1. The lowest BCUT2D eigenvalue weighted by molar-refractivity contribution is -0.107. The molecule has 0 amide bonds. The number of carbonyl (C=O) groups excluding carboxylic acids is 1. The van der Waals surface area contributed by atoms with Crippen LogP contribution in [-0.2, 0) is 11.3 Å². The molecule has 1 unspecified atom stereocenters. The maximum absolute atomic E-state index is 11.0. The quantitative estimate of drug-likeness (QED) is 0.189. The smallest absolute Gasteiger partial charge is 0.128 e. The van der Waals surface area contributed by atoms with E-state index in [9.17, 15) is 4.79 Å². The van der Waals surface area contributed by atoms with Crippen molar-refractivity contribution >= 4 is 11.9 Å². The van der Waals surface area contributed by atoms with Crippen LogP contribution in [0.1, 0.15) is 38.8 Å². The zero-order chi connectivity index (χ0) is 23.5. The van der Waals surface area contributed by atoms with E-state index in [1.165, 1.54) is 11.3 Å². The molecule has 0 spiro atoms. The van der Waals surface area contributed by atoms with E-state index in [2.05, 4.69) is 66.2 Å². The van der Waals surface area contributed by atoms with Gasteiger partial charge in [0.1, 0.15) is 17.8 Å². The zero-order valence-electron chi connectivity index (χ0n) is 19.8. The molecule has 3 aromatic rings. The largest absolute Gasteiger partial charge is 0.457 e. The van der Waals surface area contributed by atoms with Crippen LogP contribution in [0.15, 0.2) is 85.0 Å². The Labute approximate surface area is 197 Å². The summed E-state index contributed by atoms with van der Waals surface area (Å²) in [5, 5.41) is 3.23. The van der Waals surface area contributed by atoms with E-state index in [4.69, 9.17) is 4.74 Å². The van der Waals surface area contributed by atoms with Gasteiger partial charge in [0.05, 0.1) is 0 Å². The molecule has 1 aromatic heterocycles. The van der Waals surface area contributed by atoms with Gasteiger partial charge in [-0.25, -0.2) is 0 Å². The number of unbranched alkanes of at least 4 members (excludes halogenated alkanes) is 1. The number of likely N-dealkylation sites (N-methyl/N-ethyl adjacent to an activating group) is 1. The summed E-state index contributed by atoms with van der Waals surface area (Å²) in [7, 11) is 1.96. The lowest BCUT2D eigenvalue weighted by Gasteiger charge is -2.16. The van der Waals surface area contributed by atoms with Crippen LogP contribution in [0.4, 0.5) is 0 Å². The Morgan fingerprint density at radius 2 is 1.85 bits per heavy atom. The fraction of sp³-hybridized carbons (Fsp3) is 0.276. The summed E-state index contributed by atoms with van der Waals surface area (Å²) in [6, 6.07) is 22.7. The Morgan fingerprint density at radius 1 is 1.06 bits per heavy atom. The second-order valence-corrected chi connectivity index (χ2v) is 8.03. The fourth-order valence-corrected chi connectivity index (χ4v) is 3.78. The van der Waals surface area contributed by atoms with Crippen LogP contribution in [0, 0.1) is 0 Å². The summed E-state index contributed by atoms with van der Waals surface area (Å²) >= 11 is 0. The molecule has 0 fully saturated rings. The second-order valence-electron chi connectivity index (χ2n) is 8.03. The number of hydrogen-bond acceptors (Lipinski definition) is 3. The predicted octanol–water partition coefficient (Wildman–Crippen LogP) is 6.88. The van der Waals surface area contributed by atoms with Crippen molar-refractivity contribution in [3.63, 3.8) is 0 Å². The molecule has 0 aliphatic heterocycles. The van der Waals surface area contributed by atoms with E-state index in [0.717, 1.165) is 48.4 Å². The molecular weight excluding hydrogens is 408 g/mol. The van der Waals surface area contributed by atoms with Crippen molar-refractivity contribution in [2.24, 2.45) is 0 Å². The summed E-state index contributed by atoms with van der Waals surface area (Å²) in [6.07, 6.45) is 9.80. The standard InChI is InChI=1S/C29H34N2O2/c1-4-24(13-10-12-23(2)30-3)28-18-19-29(31(28)20-8-9-21-32)25-14-11-17-27(22-25)33-26-15-6-5-7-16-26/h4-7,10-12,14-19,21-23,30H,8-9,13,20H2,1-3H3/b12-10-,24-4+. The van der Waals surface area contributed by atoms with E-state index < -0.39 is 0 Å². The average Bonchev–Trinajstić information content (AvgIpc) is 3.26. The number of hydrogen-bond donors (Lipinski definition) is 1. The molecule has 0 saturated carbocycles. The fourth-order valence-electron chi connectivity index (χ4n) is 3.78. The topological polar surface area (TPSA) is 43.3 Å². The normalized spacial score (nSPS) is 12.8. The number of aromatic nitrogens is 1. The van der Waals surface area contributed by atoms with Gasteiger partial charge >= 0.3 is 0 Å². The molecule has 0 aliphatic carbocycles. The maximum atomic E-state index is 11.0. The highest BCUT2D eigenvalue weighted by Crippen LogP contribution is 2.32. The van der Waals surface area contributed by atoms with Crippen molar-refractivity contribution < 1.29 is 9.53 Å². The van der Waals surface area contributed by atoms with Crippen LogP contribution in [0.3, 0.4) is 0 Å². The lowest BCUT2D eigenvalue weighted by atomic mass is 10.1. The predicted molar refractivity (Wildman–Crippen MR) is 138 cm³/mol. The number of ether oxygens (including phenoxy) is 1. The van der Waals surface area contributed by atoms with Crippen molar-refractivity contribution in [1.29, 1.82) is 0 Å². The number of benzene rings is 2.